The fourth-order valence-electron chi connectivity index (χ4n) is 1.95. The predicted molar refractivity (Wildman–Crippen MR) is 57.6 cm³/mol. The third kappa shape index (κ3) is 1.68. The van der Waals surface area contributed by atoms with Crippen molar-refractivity contribution in [3.8, 4) is 0 Å². The standard InChI is InChI=1S/C11H14O3S/c1-8-6-10-3-2-9(4-5-12)7-11(10)15(8,13)14/h2-3,7-8,12H,4-6H2,1H3. The molecule has 1 heterocycles. The van der Waals surface area contributed by atoms with Crippen molar-refractivity contribution in [3.63, 3.8) is 0 Å². The molecule has 0 spiro atoms. The lowest BCUT2D eigenvalue weighted by Crippen LogP contribution is -2.11. The quantitative estimate of drug-likeness (QED) is 0.816. The van der Waals surface area contributed by atoms with E-state index in [4.69, 9.17) is 5.11 Å². The molecule has 3 nitrogen and oxygen atoms in total. The Hall–Kier alpha value is -0.870. The minimum atomic E-state index is -3.11. The molecular weight excluding hydrogens is 212 g/mol. The average molecular weight is 226 g/mol. The van der Waals surface area contributed by atoms with E-state index in [1.165, 1.54) is 0 Å². The molecule has 0 saturated carbocycles. The van der Waals surface area contributed by atoms with Gasteiger partial charge in [-0.15, -0.1) is 0 Å². The molecule has 1 N–H and O–H groups in total. The van der Waals surface area contributed by atoms with Gasteiger partial charge in [0, 0.05) is 6.61 Å². The zero-order chi connectivity index (χ0) is 11.1. The fraction of sp³-hybridized carbons (Fsp3) is 0.455. The number of aliphatic hydroxyl groups is 1. The van der Waals surface area contributed by atoms with Crippen molar-refractivity contribution in [2.24, 2.45) is 0 Å². The highest BCUT2D eigenvalue weighted by atomic mass is 32.2. The Kier molecular flexibility index (Phi) is 2.56. The van der Waals surface area contributed by atoms with Crippen LogP contribution in [0.15, 0.2) is 23.1 Å². The smallest absolute Gasteiger partial charge is 0.181 e. The molecule has 1 atom stereocenters. The van der Waals surface area contributed by atoms with E-state index in [1.807, 2.05) is 12.1 Å². The Morgan fingerprint density at radius 1 is 1.47 bits per heavy atom. The Morgan fingerprint density at radius 2 is 2.20 bits per heavy atom. The van der Waals surface area contributed by atoms with Gasteiger partial charge in [-0.2, -0.15) is 0 Å². The summed E-state index contributed by atoms with van der Waals surface area (Å²) < 4.78 is 23.8. The van der Waals surface area contributed by atoms with E-state index in [9.17, 15) is 8.42 Å². The first kappa shape index (κ1) is 10.6. The number of hydrogen-bond acceptors (Lipinski definition) is 3. The van der Waals surface area contributed by atoms with Gasteiger partial charge in [-0.05, 0) is 37.0 Å². The molecule has 0 amide bonds. The second kappa shape index (κ2) is 3.61. The van der Waals surface area contributed by atoms with Crippen LogP contribution in [0.2, 0.25) is 0 Å². The summed E-state index contributed by atoms with van der Waals surface area (Å²) in [6, 6.07) is 5.45. The van der Waals surface area contributed by atoms with E-state index < -0.39 is 9.84 Å². The molecule has 1 unspecified atom stereocenters. The molecular formula is C11H14O3S. The van der Waals surface area contributed by atoms with Crippen LogP contribution in [0.5, 0.6) is 0 Å². The van der Waals surface area contributed by atoms with Crippen LogP contribution < -0.4 is 0 Å². The Labute approximate surface area is 89.7 Å². The van der Waals surface area contributed by atoms with E-state index in [-0.39, 0.29) is 11.9 Å². The number of benzene rings is 1. The van der Waals surface area contributed by atoms with Gasteiger partial charge in [0.25, 0.3) is 0 Å². The van der Waals surface area contributed by atoms with Gasteiger partial charge in [-0.3, -0.25) is 0 Å². The first-order valence-corrected chi connectivity index (χ1v) is 6.57. The lowest BCUT2D eigenvalue weighted by Gasteiger charge is -2.03. The lowest BCUT2D eigenvalue weighted by molar-refractivity contribution is 0.299. The fourth-order valence-corrected chi connectivity index (χ4v) is 3.62. The van der Waals surface area contributed by atoms with E-state index in [2.05, 4.69) is 0 Å². The third-order valence-electron chi connectivity index (χ3n) is 2.88. The first-order valence-electron chi connectivity index (χ1n) is 5.02. The summed E-state index contributed by atoms with van der Waals surface area (Å²) >= 11 is 0. The summed E-state index contributed by atoms with van der Waals surface area (Å²) in [6.45, 7) is 1.79. The van der Waals surface area contributed by atoms with Gasteiger partial charge in [0.1, 0.15) is 0 Å². The van der Waals surface area contributed by atoms with E-state index in [0.717, 1.165) is 11.1 Å². The number of aliphatic hydroxyl groups excluding tert-OH is 1. The van der Waals surface area contributed by atoms with Crippen LogP contribution in [0, 0.1) is 0 Å². The van der Waals surface area contributed by atoms with Crippen LogP contribution in [0.4, 0.5) is 0 Å². The summed E-state index contributed by atoms with van der Waals surface area (Å²) in [5, 5.41) is 8.49. The molecule has 4 heteroatoms. The van der Waals surface area contributed by atoms with Crippen LogP contribution in [0.3, 0.4) is 0 Å². The van der Waals surface area contributed by atoms with Crippen molar-refractivity contribution in [3.05, 3.63) is 29.3 Å². The highest BCUT2D eigenvalue weighted by molar-refractivity contribution is 7.92. The minimum absolute atomic E-state index is 0.0500. The van der Waals surface area contributed by atoms with Crippen LogP contribution in [0.25, 0.3) is 0 Å². The largest absolute Gasteiger partial charge is 0.396 e. The van der Waals surface area contributed by atoms with Crippen LogP contribution in [0.1, 0.15) is 18.1 Å². The summed E-state index contributed by atoms with van der Waals surface area (Å²) in [5.41, 5.74) is 1.79. The number of hydrogen-bond donors (Lipinski definition) is 1. The van der Waals surface area contributed by atoms with Gasteiger partial charge >= 0.3 is 0 Å². The molecule has 82 valence electrons. The number of sulfone groups is 1. The van der Waals surface area contributed by atoms with Gasteiger partial charge in [0.15, 0.2) is 9.84 Å². The van der Waals surface area contributed by atoms with Crippen molar-refractivity contribution in [1.82, 2.24) is 0 Å². The zero-order valence-electron chi connectivity index (χ0n) is 8.60. The van der Waals surface area contributed by atoms with E-state index >= 15 is 0 Å². The molecule has 0 bridgehead atoms. The second-order valence-electron chi connectivity index (χ2n) is 3.98. The molecule has 1 aromatic carbocycles. The molecule has 0 saturated heterocycles. The molecule has 0 radical (unpaired) electrons. The number of fused-ring (bicyclic) bond motifs is 1. The zero-order valence-corrected chi connectivity index (χ0v) is 9.42. The molecule has 0 aromatic heterocycles. The predicted octanol–water partition coefficient (Wildman–Crippen LogP) is 0.940. The normalized spacial score (nSPS) is 22.7. The van der Waals surface area contributed by atoms with Gasteiger partial charge in [-0.1, -0.05) is 12.1 Å². The van der Waals surface area contributed by atoms with E-state index in [0.29, 0.717) is 17.7 Å². The molecule has 2 rings (SSSR count). The van der Waals surface area contributed by atoms with Crippen molar-refractivity contribution in [2.75, 3.05) is 6.61 Å². The van der Waals surface area contributed by atoms with Gasteiger partial charge in [0.05, 0.1) is 10.1 Å². The SMILES string of the molecule is CC1Cc2ccc(CCO)cc2S1(=O)=O. The number of rotatable bonds is 2. The van der Waals surface area contributed by atoms with E-state index in [1.54, 1.807) is 13.0 Å². The summed E-state index contributed by atoms with van der Waals surface area (Å²) in [7, 11) is -3.11. The van der Waals surface area contributed by atoms with Crippen molar-refractivity contribution < 1.29 is 13.5 Å². The molecule has 15 heavy (non-hydrogen) atoms. The molecule has 0 fully saturated rings. The molecule has 0 aliphatic carbocycles. The molecule has 1 aliphatic rings. The van der Waals surface area contributed by atoms with Crippen LogP contribution in [-0.4, -0.2) is 25.4 Å². The Bertz CT molecular complexity index is 477. The Balaban J connectivity index is 2.50. The maximum absolute atomic E-state index is 11.9. The summed E-state index contributed by atoms with van der Waals surface area (Å²) in [6.07, 6.45) is 1.12. The van der Waals surface area contributed by atoms with Crippen molar-refractivity contribution >= 4 is 9.84 Å². The monoisotopic (exact) mass is 226 g/mol. The van der Waals surface area contributed by atoms with Gasteiger partial charge in [0.2, 0.25) is 0 Å². The second-order valence-corrected chi connectivity index (χ2v) is 6.31. The third-order valence-corrected chi connectivity index (χ3v) is 5.09. The molecule has 1 aromatic rings. The maximum atomic E-state index is 11.9. The van der Waals surface area contributed by atoms with Crippen LogP contribution >= 0.6 is 0 Å². The minimum Gasteiger partial charge on any atom is -0.396 e. The highest BCUT2D eigenvalue weighted by Gasteiger charge is 2.33. The average Bonchev–Trinajstić information content (AvgIpc) is 2.40. The van der Waals surface area contributed by atoms with Crippen molar-refractivity contribution in [2.45, 2.75) is 29.9 Å². The van der Waals surface area contributed by atoms with Gasteiger partial charge in [-0.25, -0.2) is 8.42 Å². The van der Waals surface area contributed by atoms with Gasteiger partial charge < -0.3 is 5.11 Å². The first-order chi connectivity index (χ1) is 7.05. The summed E-state index contributed by atoms with van der Waals surface area (Å²) in [4.78, 5) is 0.459. The maximum Gasteiger partial charge on any atom is 0.181 e. The topological polar surface area (TPSA) is 54.4 Å². The highest BCUT2D eigenvalue weighted by Crippen LogP contribution is 2.31. The van der Waals surface area contributed by atoms with Crippen LogP contribution in [-0.2, 0) is 22.7 Å². The molecule has 1 aliphatic heterocycles. The summed E-state index contributed by atoms with van der Waals surface area (Å²) in [5.74, 6) is 0. The lowest BCUT2D eigenvalue weighted by atomic mass is 10.1. The Morgan fingerprint density at radius 3 is 2.87 bits per heavy atom. The van der Waals surface area contributed by atoms with Crippen molar-refractivity contribution in [1.29, 1.82) is 0 Å².